The van der Waals surface area contributed by atoms with Crippen LogP contribution in [0.25, 0.3) is 0 Å². The van der Waals surface area contributed by atoms with E-state index in [0.717, 1.165) is 23.8 Å². The van der Waals surface area contributed by atoms with Gasteiger partial charge in [0.1, 0.15) is 12.4 Å². The topological polar surface area (TPSA) is 75.6 Å². The first-order chi connectivity index (χ1) is 11.6. The van der Waals surface area contributed by atoms with Gasteiger partial charge in [0.05, 0.1) is 12.1 Å². The zero-order valence-electron chi connectivity index (χ0n) is 12.6. The molecule has 0 aliphatic heterocycles. The molecule has 2 rings (SSSR count). The van der Waals surface area contributed by atoms with E-state index in [1.807, 2.05) is 30.3 Å². The lowest BCUT2D eigenvalue weighted by Crippen LogP contribution is -2.24. The van der Waals surface area contributed by atoms with Gasteiger partial charge < -0.3 is 15.2 Å². The summed E-state index contributed by atoms with van der Waals surface area (Å²) in [7, 11) is 0. The molecule has 2 aromatic rings. The molecule has 2 aromatic carbocycles. The summed E-state index contributed by atoms with van der Waals surface area (Å²) in [5, 5.41) is 11.4. The molecule has 6 heteroatoms. The van der Waals surface area contributed by atoms with Crippen LogP contribution in [0.3, 0.4) is 0 Å². The third-order valence-corrected chi connectivity index (χ3v) is 2.97. The highest BCUT2D eigenvalue weighted by Gasteiger charge is 2.08. The zero-order chi connectivity index (χ0) is 17.4. The average Bonchev–Trinajstić information content (AvgIpc) is 2.57. The van der Waals surface area contributed by atoms with Gasteiger partial charge in [0, 0.05) is 5.56 Å². The first kappa shape index (κ1) is 17.0. The minimum Gasteiger partial charge on any atom is -0.478 e. The van der Waals surface area contributed by atoms with E-state index in [0.29, 0.717) is 0 Å². The SMILES string of the molecule is O=C(NCC#Cc1cc(F)ccc1C(=O)O)OCc1ccccc1. The van der Waals surface area contributed by atoms with E-state index < -0.39 is 17.9 Å². The normalized spacial score (nSPS) is 9.54. The summed E-state index contributed by atoms with van der Waals surface area (Å²) < 4.78 is 18.1. The number of rotatable bonds is 4. The number of carboxylic acid groups (broad SMARTS) is 1. The lowest BCUT2D eigenvalue weighted by atomic mass is 10.1. The highest BCUT2D eigenvalue weighted by molar-refractivity contribution is 5.90. The molecule has 0 atom stereocenters. The lowest BCUT2D eigenvalue weighted by Gasteiger charge is -2.04. The van der Waals surface area contributed by atoms with E-state index in [4.69, 9.17) is 9.84 Å². The van der Waals surface area contributed by atoms with Crippen molar-refractivity contribution in [3.8, 4) is 11.8 Å². The molecule has 5 nitrogen and oxygen atoms in total. The number of carbonyl (C=O) groups is 2. The van der Waals surface area contributed by atoms with Gasteiger partial charge in [0.15, 0.2) is 0 Å². The number of carboxylic acids is 1. The van der Waals surface area contributed by atoms with E-state index in [2.05, 4.69) is 17.2 Å². The Morgan fingerprint density at radius 2 is 1.92 bits per heavy atom. The van der Waals surface area contributed by atoms with Gasteiger partial charge in [-0.3, -0.25) is 0 Å². The summed E-state index contributed by atoms with van der Waals surface area (Å²) in [6, 6.07) is 12.4. The molecule has 122 valence electrons. The Bertz CT molecular complexity index is 794. The minimum atomic E-state index is -1.20. The van der Waals surface area contributed by atoms with Crippen LogP contribution in [0.2, 0.25) is 0 Å². The molecular weight excluding hydrogens is 313 g/mol. The highest BCUT2D eigenvalue weighted by atomic mass is 19.1. The molecule has 0 saturated carbocycles. The summed E-state index contributed by atoms with van der Waals surface area (Å²) in [4.78, 5) is 22.5. The molecule has 0 fully saturated rings. The second-order valence-corrected chi connectivity index (χ2v) is 4.71. The summed E-state index contributed by atoms with van der Waals surface area (Å²) in [6.45, 7) is 0.0797. The highest BCUT2D eigenvalue weighted by Crippen LogP contribution is 2.10. The minimum absolute atomic E-state index is 0.0435. The van der Waals surface area contributed by atoms with Crippen molar-refractivity contribution in [3.63, 3.8) is 0 Å². The predicted octanol–water partition coefficient (Wildman–Crippen LogP) is 2.80. The molecule has 0 aliphatic rings. The van der Waals surface area contributed by atoms with Gasteiger partial charge in [-0.05, 0) is 23.8 Å². The molecule has 0 aliphatic carbocycles. The zero-order valence-corrected chi connectivity index (χ0v) is 12.6. The predicted molar refractivity (Wildman–Crippen MR) is 84.9 cm³/mol. The van der Waals surface area contributed by atoms with Crippen molar-refractivity contribution >= 4 is 12.1 Å². The standard InChI is InChI=1S/C18H14FNO4/c19-15-8-9-16(17(21)22)14(11-15)7-4-10-20-18(23)24-12-13-5-2-1-3-6-13/h1-3,5-6,8-9,11H,10,12H2,(H,20,23)(H,21,22). The quantitative estimate of drug-likeness (QED) is 0.847. The van der Waals surface area contributed by atoms with Gasteiger partial charge >= 0.3 is 12.1 Å². The monoisotopic (exact) mass is 327 g/mol. The Labute approximate surface area is 138 Å². The Hall–Kier alpha value is -3.33. The van der Waals surface area contributed by atoms with Crippen molar-refractivity contribution in [1.29, 1.82) is 0 Å². The van der Waals surface area contributed by atoms with Crippen LogP contribution in [0.1, 0.15) is 21.5 Å². The molecule has 2 N–H and O–H groups in total. The van der Waals surface area contributed by atoms with Crippen LogP contribution in [0.4, 0.5) is 9.18 Å². The van der Waals surface area contributed by atoms with Crippen molar-refractivity contribution in [1.82, 2.24) is 5.32 Å². The maximum Gasteiger partial charge on any atom is 0.408 e. The van der Waals surface area contributed by atoms with Crippen LogP contribution in [-0.4, -0.2) is 23.7 Å². The molecule has 24 heavy (non-hydrogen) atoms. The summed E-state index contributed by atoms with van der Waals surface area (Å²) in [5.41, 5.74) is 0.794. The summed E-state index contributed by atoms with van der Waals surface area (Å²) >= 11 is 0. The molecule has 0 unspecified atom stereocenters. The number of alkyl carbamates (subject to hydrolysis) is 1. The van der Waals surface area contributed by atoms with E-state index in [1.165, 1.54) is 0 Å². The molecule has 1 amide bonds. The smallest absolute Gasteiger partial charge is 0.408 e. The van der Waals surface area contributed by atoms with E-state index in [-0.39, 0.29) is 24.3 Å². The van der Waals surface area contributed by atoms with Gasteiger partial charge in [-0.1, -0.05) is 42.2 Å². The summed E-state index contributed by atoms with van der Waals surface area (Å²) in [6.07, 6.45) is -0.647. The fourth-order valence-electron chi connectivity index (χ4n) is 1.84. The van der Waals surface area contributed by atoms with Crippen molar-refractivity contribution in [2.75, 3.05) is 6.54 Å². The second-order valence-electron chi connectivity index (χ2n) is 4.71. The summed E-state index contributed by atoms with van der Waals surface area (Å²) in [5.74, 6) is 3.30. The maximum atomic E-state index is 13.2. The maximum absolute atomic E-state index is 13.2. The van der Waals surface area contributed by atoms with Crippen molar-refractivity contribution in [3.05, 3.63) is 71.0 Å². The Balaban J connectivity index is 1.86. The molecule has 0 radical (unpaired) electrons. The number of aromatic carboxylic acids is 1. The average molecular weight is 327 g/mol. The molecule has 0 aromatic heterocycles. The second kappa shape index (κ2) is 8.34. The number of amides is 1. The van der Waals surface area contributed by atoms with Gasteiger partial charge in [-0.2, -0.15) is 0 Å². The third-order valence-electron chi connectivity index (χ3n) is 2.97. The van der Waals surface area contributed by atoms with E-state index in [1.54, 1.807) is 0 Å². The van der Waals surface area contributed by atoms with Crippen molar-refractivity contribution < 1.29 is 23.8 Å². The third kappa shape index (κ3) is 5.14. The molecule has 0 bridgehead atoms. The Morgan fingerprint density at radius 1 is 1.17 bits per heavy atom. The van der Waals surface area contributed by atoms with E-state index in [9.17, 15) is 14.0 Å². The fourth-order valence-corrected chi connectivity index (χ4v) is 1.84. The first-order valence-electron chi connectivity index (χ1n) is 7.02. The van der Waals surface area contributed by atoms with Crippen molar-refractivity contribution in [2.24, 2.45) is 0 Å². The number of hydrogen-bond acceptors (Lipinski definition) is 3. The van der Waals surface area contributed by atoms with Gasteiger partial charge in [0.2, 0.25) is 0 Å². The molecule has 0 spiro atoms. The number of benzene rings is 2. The largest absolute Gasteiger partial charge is 0.478 e. The van der Waals surface area contributed by atoms with Gasteiger partial charge in [-0.15, -0.1) is 0 Å². The Kier molecular flexibility index (Phi) is 5.92. The van der Waals surface area contributed by atoms with Gasteiger partial charge in [-0.25, -0.2) is 14.0 Å². The van der Waals surface area contributed by atoms with Crippen LogP contribution < -0.4 is 5.32 Å². The van der Waals surface area contributed by atoms with Crippen LogP contribution in [0, 0.1) is 17.7 Å². The lowest BCUT2D eigenvalue weighted by molar-refractivity contribution is 0.0696. The van der Waals surface area contributed by atoms with Gasteiger partial charge in [0.25, 0.3) is 0 Å². The number of hydrogen-bond donors (Lipinski definition) is 2. The Morgan fingerprint density at radius 3 is 2.62 bits per heavy atom. The van der Waals surface area contributed by atoms with Crippen LogP contribution in [0.15, 0.2) is 48.5 Å². The molecular formula is C18H14FNO4. The molecule has 0 heterocycles. The van der Waals surface area contributed by atoms with E-state index >= 15 is 0 Å². The van der Waals surface area contributed by atoms with Crippen molar-refractivity contribution in [2.45, 2.75) is 6.61 Å². The van der Waals surface area contributed by atoms with Crippen LogP contribution in [0.5, 0.6) is 0 Å². The first-order valence-corrected chi connectivity index (χ1v) is 7.02. The number of nitrogens with one attached hydrogen (secondary N) is 1. The number of halogens is 1. The number of ether oxygens (including phenoxy) is 1. The molecule has 0 saturated heterocycles. The fraction of sp³-hybridized carbons (Fsp3) is 0.111. The number of carbonyl (C=O) groups excluding carboxylic acids is 1. The van der Waals surface area contributed by atoms with Crippen LogP contribution in [-0.2, 0) is 11.3 Å². The van der Waals surface area contributed by atoms with Crippen LogP contribution >= 0.6 is 0 Å².